The minimum atomic E-state index is -0.150. The second-order valence-electron chi connectivity index (χ2n) is 5.04. The van der Waals surface area contributed by atoms with Gasteiger partial charge in [-0.15, -0.1) is 0 Å². The molecule has 1 aromatic carbocycles. The fourth-order valence-corrected chi connectivity index (χ4v) is 2.72. The Morgan fingerprint density at radius 3 is 2.41 bits per heavy atom. The number of carbonyl (C=O) groups excluding carboxylic acids is 1. The van der Waals surface area contributed by atoms with Crippen LogP contribution in [0.25, 0.3) is 0 Å². The largest absolute Gasteiger partial charge is 0.445 e. The van der Waals surface area contributed by atoms with Crippen molar-refractivity contribution >= 4 is 6.09 Å². The molecule has 2 aliphatic rings. The van der Waals surface area contributed by atoms with Gasteiger partial charge in [-0.25, -0.2) is 4.79 Å². The van der Waals surface area contributed by atoms with E-state index in [4.69, 9.17) is 4.74 Å². The number of carbonyl (C=O) groups is 1. The summed E-state index contributed by atoms with van der Waals surface area (Å²) in [5, 5.41) is 0. The van der Waals surface area contributed by atoms with Crippen LogP contribution in [0, 0.1) is 11.8 Å². The molecular formula is C14H17NO2. The summed E-state index contributed by atoms with van der Waals surface area (Å²) < 4.78 is 5.32. The SMILES string of the molecule is O=C(OCc1ccccc1)N1C[C@H]2CC[C@H]2C1. The number of ether oxygens (including phenoxy) is 1. The maximum atomic E-state index is 11.8. The lowest BCUT2D eigenvalue weighted by atomic mass is 9.77. The van der Waals surface area contributed by atoms with Gasteiger partial charge in [-0.3, -0.25) is 0 Å². The van der Waals surface area contributed by atoms with E-state index >= 15 is 0 Å². The lowest BCUT2D eigenvalue weighted by Crippen LogP contribution is -2.29. The molecule has 1 saturated heterocycles. The Morgan fingerprint density at radius 2 is 1.82 bits per heavy atom. The lowest BCUT2D eigenvalue weighted by molar-refractivity contribution is 0.103. The summed E-state index contributed by atoms with van der Waals surface area (Å²) in [5.74, 6) is 1.50. The van der Waals surface area contributed by atoms with Crippen LogP contribution in [0.3, 0.4) is 0 Å². The highest BCUT2D eigenvalue weighted by atomic mass is 16.6. The first-order chi connectivity index (χ1) is 8.33. The molecule has 0 N–H and O–H groups in total. The second-order valence-corrected chi connectivity index (χ2v) is 5.04. The van der Waals surface area contributed by atoms with Gasteiger partial charge in [0.05, 0.1) is 0 Å². The summed E-state index contributed by atoms with van der Waals surface area (Å²) in [4.78, 5) is 13.7. The van der Waals surface area contributed by atoms with E-state index < -0.39 is 0 Å². The van der Waals surface area contributed by atoms with Crippen molar-refractivity contribution in [1.29, 1.82) is 0 Å². The van der Waals surface area contributed by atoms with E-state index in [9.17, 15) is 4.79 Å². The van der Waals surface area contributed by atoms with E-state index in [1.807, 2.05) is 35.2 Å². The van der Waals surface area contributed by atoms with Gasteiger partial charge in [0, 0.05) is 13.1 Å². The summed E-state index contributed by atoms with van der Waals surface area (Å²) in [6.07, 6.45) is 2.42. The molecule has 90 valence electrons. The number of fused-ring (bicyclic) bond motifs is 1. The van der Waals surface area contributed by atoms with Crippen LogP contribution in [-0.4, -0.2) is 24.1 Å². The third-order valence-corrected chi connectivity index (χ3v) is 3.95. The first-order valence-corrected chi connectivity index (χ1v) is 6.28. The summed E-state index contributed by atoms with van der Waals surface area (Å²) in [6.45, 7) is 2.18. The van der Waals surface area contributed by atoms with Crippen molar-refractivity contribution in [3.63, 3.8) is 0 Å². The highest BCUT2D eigenvalue weighted by Crippen LogP contribution is 2.40. The molecule has 1 aromatic rings. The highest BCUT2D eigenvalue weighted by Gasteiger charge is 2.41. The standard InChI is InChI=1S/C14H17NO2/c16-14(15-8-12-6-7-13(12)9-15)17-10-11-4-2-1-3-5-11/h1-5,12-13H,6-10H2/t12-,13+. The molecular weight excluding hydrogens is 214 g/mol. The molecule has 1 aliphatic heterocycles. The monoisotopic (exact) mass is 231 g/mol. The molecule has 1 heterocycles. The summed E-state index contributed by atoms with van der Waals surface area (Å²) in [5.41, 5.74) is 1.04. The molecule has 0 bridgehead atoms. The summed E-state index contributed by atoms with van der Waals surface area (Å²) in [7, 11) is 0. The Kier molecular flexibility index (Phi) is 2.75. The number of amides is 1. The molecule has 1 aliphatic carbocycles. The van der Waals surface area contributed by atoms with Crippen LogP contribution in [0.2, 0.25) is 0 Å². The third-order valence-electron chi connectivity index (χ3n) is 3.95. The minimum Gasteiger partial charge on any atom is -0.445 e. The molecule has 0 aromatic heterocycles. The predicted molar refractivity (Wildman–Crippen MR) is 64.4 cm³/mol. The van der Waals surface area contributed by atoms with Crippen LogP contribution in [0.1, 0.15) is 18.4 Å². The van der Waals surface area contributed by atoms with Crippen molar-refractivity contribution in [2.24, 2.45) is 11.8 Å². The smallest absolute Gasteiger partial charge is 0.410 e. The maximum Gasteiger partial charge on any atom is 0.410 e. The van der Waals surface area contributed by atoms with Crippen molar-refractivity contribution in [2.45, 2.75) is 19.4 Å². The number of likely N-dealkylation sites (tertiary alicyclic amines) is 1. The zero-order chi connectivity index (χ0) is 11.7. The Labute approximate surface area is 101 Å². The third kappa shape index (κ3) is 2.14. The molecule has 3 rings (SSSR count). The van der Waals surface area contributed by atoms with Crippen LogP contribution in [-0.2, 0) is 11.3 Å². The number of rotatable bonds is 2. The molecule has 0 radical (unpaired) electrons. The quantitative estimate of drug-likeness (QED) is 0.783. The summed E-state index contributed by atoms with van der Waals surface area (Å²) >= 11 is 0. The molecule has 1 amide bonds. The molecule has 2 atom stereocenters. The Morgan fingerprint density at radius 1 is 1.18 bits per heavy atom. The maximum absolute atomic E-state index is 11.8. The van der Waals surface area contributed by atoms with Gasteiger partial charge in [-0.05, 0) is 30.2 Å². The first-order valence-electron chi connectivity index (χ1n) is 6.28. The summed E-state index contributed by atoms with van der Waals surface area (Å²) in [6, 6.07) is 9.82. The van der Waals surface area contributed by atoms with Crippen LogP contribution in [0.4, 0.5) is 4.79 Å². The van der Waals surface area contributed by atoms with Gasteiger partial charge >= 0.3 is 6.09 Å². The van der Waals surface area contributed by atoms with E-state index in [1.54, 1.807) is 0 Å². The minimum absolute atomic E-state index is 0.150. The van der Waals surface area contributed by atoms with E-state index in [-0.39, 0.29) is 6.09 Å². The van der Waals surface area contributed by atoms with Crippen molar-refractivity contribution in [1.82, 2.24) is 4.90 Å². The Hall–Kier alpha value is -1.51. The Bertz CT molecular complexity index is 392. The molecule has 17 heavy (non-hydrogen) atoms. The molecule has 1 saturated carbocycles. The highest BCUT2D eigenvalue weighted by molar-refractivity contribution is 5.68. The van der Waals surface area contributed by atoms with Gasteiger partial charge in [0.1, 0.15) is 6.61 Å². The van der Waals surface area contributed by atoms with Crippen molar-refractivity contribution < 1.29 is 9.53 Å². The van der Waals surface area contributed by atoms with Gasteiger partial charge in [0.25, 0.3) is 0 Å². The topological polar surface area (TPSA) is 29.5 Å². The molecule has 3 heteroatoms. The number of benzene rings is 1. The van der Waals surface area contributed by atoms with Crippen LogP contribution >= 0.6 is 0 Å². The van der Waals surface area contributed by atoms with E-state index in [0.29, 0.717) is 6.61 Å². The molecule has 0 unspecified atom stereocenters. The zero-order valence-corrected chi connectivity index (χ0v) is 9.84. The van der Waals surface area contributed by atoms with E-state index in [2.05, 4.69) is 0 Å². The molecule has 0 spiro atoms. The van der Waals surface area contributed by atoms with Crippen LogP contribution in [0.5, 0.6) is 0 Å². The number of hydrogen-bond donors (Lipinski definition) is 0. The van der Waals surface area contributed by atoms with Gasteiger partial charge in [0.2, 0.25) is 0 Å². The van der Waals surface area contributed by atoms with E-state index in [0.717, 1.165) is 30.5 Å². The fraction of sp³-hybridized carbons (Fsp3) is 0.500. The van der Waals surface area contributed by atoms with Gasteiger partial charge < -0.3 is 9.64 Å². The first kappa shape index (κ1) is 10.6. The average molecular weight is 231 g/mol. The predicted octanol–water partition coefficient (Wildman–Crippen LogP) is 2.67. The number of nitrogens with zero attached hydrogens (tertiary/aromatic N) is 1. The Balaban J connectivity index is 1.51. The van der Waals surface area contributed by atoms with Crippen LogP contribution in [0.15, 0.2) is 30.3 Å². The van der Waals surface area contributed by atoms with Gasteiger partial charge in [-0.2, -0.15) is 0 Å². The average Bonchev–Trinajstić information content (AvgIpc) is 2.64. The number of hydrogen-bond acceptors (Lipinski definition) is 2. The molecule has 3 nitrogen and oxygen atoms in total. The fourth-order valence-electron chi connectivity index (χ4n) is 2.72. The van der Waals surface area contributed by atoms with Crippen LogP contribution < -0.4 is 0 Å². The van der Waals surface area contributed by atoms with Gasteiger partial charge in [0.15, 0.2) is 0 Å². The zero-order valence-electron chi connectivity index (χ0n) is 9.84. The lowest BCUT2D eigenvalue weighted by Gasteiger charge is -2.27. The molecule has 2 fully saturated rings. The van der Waals surface area contributed by atoms with E-state index in [1.165, 1.54) is 12.8 Å². The van der Waals surface area contributed by atoms with Crippen molar-refractivity contribution in [3.05, 3.63) is 35.9 Å². The van der Waals surface area contributed by atoms with Gasteiger partial charge in [-0.1, -0.05) is 30.3 Å². The van der Waals surface area contributed by atoms with Crippen molar-refractivity contribution in [2.75, 3.05) is 13.1 Å². The second kappa shape index (κ2) is 4.40. The van der Waals surface area contributed by atoms with Crippen molar-refractivity contribution in [3.8, 4) is 0 Å². The normalized spacial score (nSPS) is 26.2.